The van der Waals surface area contributed by atoms with Gasteiger partial charge in [-0.3, -0.25) is 9.69 Å². The molecule has 0 aromatic heterocycles. The van der Waals surface area contributed by atoms with Crippen LogP contribution in [-0.4, -0.2) is 39.2 Å². The molecule has 0 radical (unpaired) electrons. The minimum atomic E-state index is -0.975. The molecule has 4 rings (SSSR count). The molecule has 1 amide bonds. The average Bonchev–Trinajstić information content (AvgIpc) is 3.00. The molecule has 0 fully saturated rings. The molecule has 10 heteroatoms. The number of nitriles is 1. The molecule has 3 aromatic carbocycles. The lowest BCUT2D eigenvalue weighted by Crippen LogP contribution is -2.40. The average molecular weight is 539 g/mol. The van der Waals surface area contributed by atoms with Crippen LogP contribution in [0.1, 0.15) is 21.8 Å². The lowest BCUT2D eigenvalue weighted by Gasteiger charge is -2.35. The van der Waals surface area contributed by atoms with Gasteiger partial charge in [-0.1, -0.05) is 36.4 Å². The van der Waals surface area contributed by atoms with Gasteiger partial charge in [-0.2, -0.15) is 5.26 Å². The van der Waals surface area contributed by atoms with E-state index in [9.17, 15) is 19.6 Å². The number of carbonyl (C=O) groups excluding carboxylic acids is 3. The van der Waals surface area contributed by atoms with E-state index in [0.717, 1.165) is 0 Å². The van der Waals surface area contributed by atoms with Crippen molar-refractivity contribution in [2.24, 2.45) is 5.73 Å². The standard InChI is InChI=1S/C30H26N4O6/c1-38-22-11-7-10-20(16-22)33-28(35)19-12-14-21(15-13-19)34-26(30(37)40-3)25(29(36)39-2)24(23(17-31)27(34)32)18-8-5-4-6-9-18/h4-16,24H,32H2,1-3H3,(H,33,35). The third kappa shape index (κ3) is 5.21. The molecule has 0 saturated carbocycles. The monoisotopic (exact) mass is 538 g/mol. The molecule has 0 bridgehead atoms. The Morgan fingerprint density at radius 1 is 0.900 bits per heavy atom. The minimum Gasteiger partial charge on any atom is -0.497 e. The predicted octanol–water partition coefficient (Wildman–Crippen LogP) is 3.85. The fraction of sp³-hybridized carbons (Fsp3) is 0.133. The van der Waals surface area contributed by atoms with Gasteiger partial charge in [0.1, 0.15) is 17.3 Å². The van der Waals surface area contributed by atoms with Crippen molar-refractivity contribution in [2.45, 2.75) is 5.92 Å². The van der Waals surface area contributed by atoms with E-state index in [1.807, 2.05) is 0 Å². The van der Waals surface area contributed by atoms with E-state index in [-0.39, 0.29) is 28.6 Å². The maximum atomic E-state index is 13.2. The molecule has 1 heterocycles. The molecule has 3 aromatic rings. The van der Waals surface area contributed by atoms with Crippen LogP contribution >= 0.6 is 0 Å². The molecular weight excluding hydrogens is 512 g/mol. The highest BCUT2D eigenvalue weighted by molar-refractivity contribution is 6.07. The van der Waals surface area contributed by atoms with Crippen molar-refractivity contribution in [3.8, 4) is 11.8 Å². The molecule has 1 atom stereocenters. The topological polar surface area (TPSA) is 144 Å². The Balaban J connectivity index is 1.80. The highest BCUT2D eigenvalue weighted by atomic mass is 16.5. The molecule has 1 unspecified atom stereocenters. The van der Waals surface area contributed by atoms with E-state index in [2.05, 4.69) is 11.4 Å². The first-order chi connectivity index (χ1) is 19.3. The number of hydrogen-bond acceptors (Lipinski definition) is 9. The summed E-state index contributed by atoms with van der Waals surface area (Å²) in [5.74, 6) is -2.53. The predicted molar refractivity (Wildman–Crippen MR) is 147 cm³/mol. The Morgan fingerprint density at radius 2 is 1.57 bits per heavy atom. The maximum absolute atomic E-state index is 13.2. The SMILES string of the molecule is COC(=O)C1=C(C(=O)OC)N(c2ccc(C(=O)Nc3cccc(OC)c3)cc2)C(N)=C(C#N)C1c1ccccc1. The number of anilines is 2. The molecule has 1 aliphatic rings. The number of nitrogens with one attached hydrogen (secondary N) is 1. The second kappa shape index (κ2) is 11.9. The summed E-state index contributed by atoms with van der Waals surface area (Å²) in [6.07, 6.45) is 0. The summed E-state index contributed by atoms with van der Waals surface area (Å²) in [7, 11) is 3.88. The van der Waals surface area contributed by atoms with Gasteiger partial charge in [0, 0.05) is 23.0 Å². The number of ether oxygens (including phenoxy) is 3. The first-order valence-electron chi connectivity index (χ1n) is 12.1. The molecule has 0 aliphatic carbocycles. The van der Waals surface area contributed by atoms with Crippen LogP contribution in [0.4, 0.5) is 11.4 Å². The van der Waals surface area contributed by atoms with Crippen molar-refractivity contribution in [3.63, 3.8) is 0 Å². The van der Waals surface area contributed by atoms with Crippen LogP contribution in [0.15, 0.2) is 102 Å². The van der Waals surface area contributed by atoms with E-state index >= 15 is 0 Å². The van der Waals surface area contributed by atoms with Crippen molar-refractivity contribution >= 4 is 29.2 Å². The number of methoxy groups -OCH3 is 3. The van der Waals surface area contributed by atoms with Crippen LogP contribution in [0.5, 0.6) is 5.75 Å². The van der Waals surface area contributed by atoms with E-state index in [1.165, 1.54) is 38.4 Å². The number of nitrogens with two attached hydrogens (primary N) is 1. The largest absolute Gasteiger partial charge is 0.497 e. The van der Waals surface area contributed by atoms with Crippen molar-refractivity contribution in [3.05, 3.63) is 113 Å². The van der Waals surface area contributed by atoms with Gasteiger partial charge in [0.25, 0.3) is 5.91 Å². The van der Waals surface area contributed by atoms with Gasteiger partial charge in [0.15, 0.2) is 0 Å². The minimum absolute atomic E-state index is 0.0408. The van der Waals surface area contributed by atoms with Crippen LogP contribution < -0.4 is 20.7 Å². The Hall–Kier alpha value is -5.56. The molecule has 0 saturated heterocycles. The highest BCUT2D eigenvalue weighted by Gasteiger charge is 2.43. The van der Waals surface area contributed by atoms with E-state index in [1.54, 1.807) is 66.7 Å². The van der Waals surface area contributed by atoms with Crippen molar-refractivity contribution in [2.75, 3.05) is 31.5 Å². The van der Waals surface area contributed by atoms with Crippen LogP contribution in [0.25, 0.3) is 0 Å². The van der Waals surface area contributed by atoms with Gasteiger partial charge in [0.05, 0.1) is 44.5 Å². The number of allylic oxidation sites excluding steroid dienone is 1. The van der Waals surface area contributed by atoms with E-state index < -0.39 is 17.9 Å². The first-order valence-corrected chi connectivity index (χ1v) is 12.1. The fourth-order valence-corrected chi connectivity index (χ4v) is 4.45. The highest BCUT2D eigenvalue weighted by Crippen LogP contribution is 2.43. The normalized spacial score (nSPS) is 14.8. The zero-order chi connectivity index (χ0) is 28.8. The Kier molecular flexibility index (Phi) is 8.16. The summed E-state index contributed by atoms with van der Waals surface area (Å²) in [6.45, 7) is 0. The van der Waals surface area contributed by atoms with Gasteiger partial charge in [0.2, 0.25) is 0 Å². The third-order valence-electron chi connectivity index (χ3n) is 6.33. The van der Waals surface area contributed by atoms with Crippen molar-refractivity contribution < 1.29 is 28.6 Å². The van der Waals surface area contributed by atoms with Gasteiger partial charge >= 0.3 is 11.9 Å². The molecular formula is C30H26N4O6. The van der Waals surface area contributed by atoms with Crippen LogP contribution in [-0.2, 0) is 19.1 Å². The second-order valence-electron chi connectivity index (χ2n) is 8.57. The Labute approximate surface area is 230 Å². The first kappa shape index (κ1) is 27.5. The number of carbonyl (C=O) groups is 3. The van der Waals surface area contributed by atoms with Crippen LogP contribution in [0.2, 0.25) is 0 Å². The second-order valence-corrected chi connectivity index (χ2v) is 8.57. The van der Waals surface area contributed by atoms with Gasteiger partial charge in [-0.15, -0.1) is 0 Å². The van der Waals surface area contributed by atoms with Crippen molar-refractivity contribution in [1.82, 2.24) is 0 Å². The van der Waals surface area contributed by atoms with E-state index in [4.69, 9.17) is 19.9 Å². The molecule has 0 spiro atoms. The van der Waals surface area contributed by atoms with E-state index in [0.29, 0.717) is 28.3 Å². The summed E-state index contributed by atoms with van der Waals surface area (Å²) >= 11 is 0. The summed E-state index contributed by atoms with van der Waals surface area (Å²) in [6, 6.07) is 23.9. The number of benzene rings is 3. The van der Waals surface area contributed by atoms with Crippen molar-refractivity contribution in [1.29, 1.82) is 5.26 Å². The molecule has 202 valence electrons. The zero-order valence-corrected chi connectivity index (χ0v) is 22.0. The lowest BCUT2D eigenvalue weighted by molar-refractivity contribution is -0.139. The number of nitrogens with zero attached hydrogens (tertiary/aromatic N) is 2. The summed E-state index contributed by atoms with van der Waals surface area (Å²) in [5.41, 5.74) is 7.97. The lowest BCUT2D eigenvalue weighted by atomic mass is 9.81. The number of esters is 2. The number of rotatable bonds is 7. The summed E-state index contributed by atoms with van der Waals surface area (Å²) in [5, 5.41) is 12.9. The van der Waals surface area contributed by atoms with Crippen LogP contribution in [0, 0.1) is 11.3 Å². The fourth-order valence-electron chi connectivity index (χ4n) is 4.45. The smallest absolute Gasteiger partial charge is 0.355 e. The Bertz CT molecular complexity index is 1560. The number of amides is 1. The molecule has 40 heavy (non-hydrogen) atoms. The van der Waals surface area contributed by atoms with Gasteiger partial charge < -0.3 is 25.3 Å². The zero-order valence-electron chi connectivity index (χ0n) is 22.0. The van der Waals surface area contributed by atoms with Gasteiger partial charge in [-0.25, -0.2) is 9.59 Å². The third-order valence-corrected chi connectivity index (χ3v) is 6.33. The number of hydrogen-bond donors (Lipinski definition) is 2. The molecule has 1 aliphatic heterocycles. The maximum Gasteiger partial charge on any atom is 0.355 e. The quantitative estimate of drug-likeness (QED) is 0.429. The van der Waals surface area contributed by atoms with Crippen LogP contribution in [0.3, 0.4) is 0 Å². The summed E-state index contributed by atoms with van der Waals surface area (Å²) in [4.78, 5) is 40.4. The van der Waals surface area contributed by atoms with Gasteiger partial charge in [-0.05, 0) is 42.0 Å². The molecule has 10 nitrogen and oxygen atoms in total. The summed E-state index contributed by atoms with van der Waals surface area (Å²) < 4.78 is 15.3. The molecule has 3 N–H and O–H groups in total. The Morgan fingerprint density at radius 3 is 2.17 bits per heavy atom.